The third kappa shape index (κ3) is 5.87. The Morgan fingerprint density at radius 3 is 2.29 bits per heavy atom. The van der Waals surface area contributed by atoms with Crippen LogP contribution in [0.3, 0.4) is 0 Å². The summed E-state index contributed by atoms with van der Waals surface area (Å²) < 4.78 is 5.34. The third-order valence-electron chi connectivity index (χ3n) is 4.05. The van der Waals surface area contributed by atoms with E-state index >= 15 is 0 Å². The van der Waals surface area contributed by atoms with Crippen LogP contribution in [0, 0.1) is 11.3 Å². The second-order valence-corrected chi connectivity index (χ2v) is 6.42. The first kappa shape index (κ1) is 15.0. The van der Waals surface area contributed by atoms with E-state index in [0.717, 1.165) is 38.1 Å². The molecule has 1 saturated carbocycles. The van der Waals surface area contributed by atoms with Gasteiger partial charge in [0, 0.05) is 19.3 Å². The Kier molecular flexibility index (Phi) is 6.50. The molecule has 0 radical (unpaired) electrons. The second-order valence-electron chi connectivity index (χ2n) is 6.42. The summed E-state index contributed by atoms with van der Waals surface area (Å²) in [5, 5.41) is 3.67. The average Bonchev–Trinajstić information content (AvgIpc) is 2.28. The molecule has 0 heterocycles. The minimum atomic E-state index is 0.500. The first-order valence-electron chi connectivity index (χ1n) is 7.35. The highest BCUT2D eigenvalue weighted by Crippen LogP contribution is 2.37. The van der Waals surface area contributed by atoms with Gasteiger partial charge in [-0.15, -0.1) is 0 Å². The summed E-state index contributed by atoms with van der Waals surface area (Å²) in [6.07, 6.45) is 6.65. The van der Waals surface area contributed by atoms with Gasteiger partial charge in [0.05, 0.1) is 0 Å². The van der Waals surface area contributed by atoms with E-state index in [4.69, 9.17) is 4.74 Å². The molecule has 0 saturated heterocycles. The smallest absolute Gasteiger partial charge is 0.0477 e. The molecule has 2 nitrogen and oxygen atoms in total. The molecule has 0 bridgehead atoms. The van der Waals surface area contributed by atoms with Crippen LogP contribution in [-0.2, 0) is 4.74 Å². The van der Waals surface area contributed by atoms with Gasteiger partial charge in [-0.05, 0) is 56.9 Å². The van der Waals surface area contributed by atoms with E-state index in [9.17, 15) is 0 Å². The third-order valence-corrected chi connectivity index (χ3v) is 4.05. The van der Waals surface area contributed by atoms with Crippen LogP contribution in [-0.4, -0.2) is 25.8 Å². The fraction of sp³-hybridized carbons (Fsp3) is 1.00. The van der Waals surface area contributed by atoms with Crippen LogP contribution in [0.15, 0.2) is 0 Å². The van der Waals surface area contributed by atoms with Crippen molar-refractivity contribution in [1.82, 2.24) is 5.32 Å². The van der Waals surface area contributed by atoms with Crippen molar-refractivity contribution in [1.29, 1.82) is 0 Å². The van der Waals surface area contributed by atoms with Crippen molar-refractivity contribution in [2.75, 3.05) is 19.8 Å². The van der Waals surface area contributed by atoms with Crippen LogP contribution in [0.25, 0.3) is 0 Å². The zero-order valence-electron chi connectivity index (χ0n) is 12.2. The lowest BCUT2D eigenvalue weighted by Crippen LogP contribution is -2.36. The summed E-state index contributed by atoms with van der Waals surface area (Å²) in [5.74, 6) is 0.920. The van der Waals surface area contributed by atoms with E-state index in [1.165, 1.54) is 25.7 Å². The van der Waals surface area contributed by atoms with Gasteiger partial charge in [-0.2, -0.15) is 0 Å². The maximum atomic E-state index is 5.34. The molecule has 0 aromatic rings. The Labute approximate surface area is 108 Å². The van der Waals surface area contributed by atoms with Crippen molar-refractivity contribution >= 4 is 0 Å². The fourth-order valence-corrected chi connectivity index (χ4v) is 2.79. The van der Waals surface area contributed by atoms with Gasteiger partial charge in [0.15, 0.2) is 0 Å². The van der Waals surface area contributed by atoms with Gasteiger partial charge in [0.1, 0.15) is 0 Å². The summed E-state index contributed by atoms with van der Waals surface area (Å²) in [5.41, 5.74) is 0.500. The Hall–Kier alpha value is -0.0800. The summed E-state index contributed by atoms with van der Waals surface area (Å²) in [6, 6.07) is 0.759. The predicted octanol–water partition coefficient (Wildman–Crippen LogP) is 3.61. The van der Waals surface area contributed by atoms with Gasteiger partial charge in [-0.1, -0.05) is 20.8 Å². The number of hydrogen-bond donors (Lipinski definition) is 1. The van der Waals surface area contributed by atoms with Gasteiger partial charge in [-0.25, -0.2) is 0 Å². The minimum Gasteiger partial charge on any atom is -0.382 e. The number of rotatable bonds is 6. The maximum absolute atomic E-state index is 5.34. The molecule has 17 heavy (non-hydrogen) atoms. The molecule has 102 valence electrons. The topological polar surface area (TPSA) is 21.3 Å². The van der Waals surface area contributed by atoms with Crippen LogP contribution in [0.2, 0.25) is 0 Å². The van der Waals surface area contributed by atoms with Crippen molar-refractivity contribution in [3.05, 3.63) is 0 Å². The molecule has 1 aliphatic rings. The molecule has 0 amide bonds. The number of hydrogen-bond acceptors (Lipinski definition) is 2. The lowest BCUT2D eigenvalue weighted by Gasteiger charge is -2.37. The minimum absolute atomic E-state index is 0.500. The highest BCUT2D eigenvalue weighted by Gasteiger charge is 2.29. The SMILES string of the molecule is CCOCCCNC1CCC(C(C)(C)C)CC1. The Balaban J connectivity index is 2.07. The highest BCUT2D eigenvalue weighted by atomic mass is 16.5. The zero-order chi connectivity index (χ0) is 12.7. The predicted molar refractivity (Wildman–Crippen MR) is 74.3 cm³/mol. The Bertz CT molecular complexity index is 190. The highest BCUT2D eigenvalue weighted by molar-refractivity contribution is 4.83. The summed E-state index contributed by atoms with van der Waals surface area (Å²) in [4.78, 5) is 0. The van der Waals surface area contributed by atoms with E-state index in [1.807, 2.05) is 0 Å². The van der Waals surface area contributed by atoms with E-state index < -0.39 is 0 Å². The van der Waals surface area contributed by atoms with Crippen LogP contribution >= 0.6 is 0 Å². The van der Waals surface area contributed by atoms with Gasteiger partial charge in [-0.3, -0.25) is 0 Å². The number of ether oxygens (including phenoxy) is 1. The quantitative estimate of drug-likeness (QED) is 0.717. The molecule has 1 N–H and O–H groups in total. The zero-order valence-corrected chi connectivity index (χ0v) is 12.2. The molecule has 2 heteroatoms. The first-order chi connectivity index (χ1) is 8.04. The summed E-state index contributed by atoms with van der Waals surface area (Å²) in [6.45, 7) is 12.1. The fourth-order valence-electron chi connectivity index (χ4n) is 2.79. The molecular weight excluding hydrogens is 210 g/mol. The molecule has 0 aromatic heterocycles. The second kappa shape index (κ2) is 7.38. The average molecular weight is 241 g/mol. The lowest BCUT2D eigenvalue weighted by molar-refractivity contribution is 0.138. The van der Waals surface area contributed by atoms with Crippen molar-refractivity contribution in [3.63, 3.8) is 0 Å². The van der Waals surface area contributed by atoms with Gasteiger partial charge in [0.25, 0.3) is 0 Å². The molecule has 0 spiro atoms. The molecular formula is C15H31NO. The van der Waals surface area contributed by atoms with Crippen molar-refractivity contribution in [2.24, 2.45) is 11.3 Å². The summed E-state index contributed by atoms with van der Waals surface area (Å²) in [7, 11) is 0. The van der Waals surface area contributed by atoms with Crippen LogP contribution < -0.4 is 5.32 Å². The van der Waals surface area contributed by atoms with Crippen molar-refractivity contribution < 1.29 is 4.74 Å². The molecule has 1 aliphatic carbocycles. The monoisotopic (exact) mass is 241 g/mol. The van der Waals surface area contributed by atoms with E-state index in [1.54, 1.807) is 0 Å². The Morgan fingerprint density at radius 1 is 1.12 bits per heavy atom. The Morgan fingerprint density at radius 2 is 1.76 bits per heavy atom. The van der Waals surface area contributed by atoms with Crippen molar-refractivity contribution in [3.8, 4) is 0 Å². The van der Waals surface area contributed by atoms with Crippen LogP contribution in [0.5, 0.6) is 0 Å². The van der Waals surface area contributed by atoms with E-state index in [2.05, 4.69) is 33.0 Å². The molecule has 0 atom stereocenters. The van der Waals surface area contributed by atoms with Crippen LogP contribution in [0.1, 0.15) is 59.8 Å². The first-order valence-corrected chi connectivity index (χ1v) is 7.35. The molecule has 0 aliphatic heterocycles. The maximum Gasteiger partial charge on any atom is 0.0477 e. The largest absolute Gasteiger partial charge is 0.382 e. The lowest BCUT2D eigenvalue weighted by atomic mass is 9.71. The number of nitrogens with one attached hydrogen (secondary N) is 1. The van der Waals surface area contributed by atoms with Crippen LogP contribution in [0.4, 0.5) is 0 Å². The van der Waals surface area contributed by atoms with Gasteiger partial charge >= 0.3 is 0 Å². The van der Waals surface area contributed by atoms with Gasteiger partial charge in [0.2, 0.25) is 0 Å². The molecule has 1 rings (SSSR count). The van der Waals surface area contributed by atoms with Gasteiger partial charge < -0.3 is 10.1 Å². The molecule has 1 fully saturated rings. The normalized spacial score (nSPS) is 26.1. The van der Waals surface area contributed by atoms with E-state index in [0.29, 0.717) is 5.41 Å². The summed E-state index contributed by atoms with van der Waals surface area (Å²) >= 11 is 0. The molecule has 0 aromatic carbocycles. The molecule has 0 unspecified atom stereocenters. The van der Waals surface area contributed by atoms with Crippen molar-refractivity contribution in [2.45, 2.75) is 65.8 Å². The van der Waals surface area contributed by atoms with E-state index in [-0.39, 0.29) is 0 Å². The standard InChI is InChI=1S/C15H31NO/c1-5-17-12-6-11-16-14-9-7-13(8-10-14)15(2,3)4/h13-14,16H,5-12H2,1-4H3.